The van der Waals surface area contributed by atoms with Gasteiger partial charge in [0.2, 0.25) is 10.0 Å². The first-order valence-corrected chi connectivity index (χ1v) is 7.67. The van der Waals surface area contributed by atoms with Crippen molar-refractivity contribution < 1.29 is 8.42 Å². The molecule has 0 aliphatic heterocycles. The topological polar surface area (TPSA) is 101 Å². The number of aromatic amines is 1. The van der Waals surface area contributed by atoms with Crippen LogP contribution in [0.3, 0.4) is 0 Å². The number of H-pyrrole nitrogens is 1. The molecule has 0 saturated carbocycles. The number of nitrogens with two attached hydrogens (primary N) is 1. The number of aromatic nitrogens is 2. The van der Waals surface area contributed by atoms with Crippen LogP contribution >= 0.6 is 0 Å². The molecule has 0 aliphatic carbocycles. The normalized spacial score (nSPS) is 14.9. The Morgan fingerprint density at radius 1 is 1.35 bits per heavy atom. The zero-order valence-corrected chi connectivity index (χ0v) is 12.2. The van der Waals surface area contributed by atoms with Crippen LogP contribution in [-0.4, -0.2) is 25.2 Å². The molecule has 0 aliphatic rings. The molecule has 0 spiro atoms. The minimum atomic E-state index is -3.69. The van der Waals surface area contributed by atoms with Crippen LogP contribution in [0, 0.1) is 6.92 Å². The Balaban J connectivity index is 2.38. The molecule has 108 valence electrons. The standard InChI is InChI=1S/C13H18N4O2S/c1-10-12(8-15-16-10)20(18,19)17-13(2,9-14)11-6-4-3-5-7-11/h3-8,17H,9,14H2,1-2H3,(H,15,16). The first-order chi connectivity index (χ1) is 9.39. The van der Waals surface area contributed by atoms with Crippen LogP contribution in [0.15, 0.2) is 41.4 Å². The van der Waals surface area contributed by atoms with Gasteiger partial charge < -0.3 is 5.73 Å². The lowest BCUT2D eigenvalue weighted by atomic mass is 9.94. The van der Waals surface area contributed by atoms with Crippen LogP contribution in [0.5, 0.6) is 0 Å². The van der Waals surface area contributed by atoms with E-state index in [1.165, 1.54) is 6.20 Å². The molecule has 0 saturated heterocycles. The molecule has 0 radical (unpaired) electrons. The smallest absolute Gasteiger partial charge is 0.244 e. The average molecular weight is 294 g/mol. The van der Waals surface area contributed by atoms with Gasteiger partial charge in [0.05, 0.1) is 17.4 Å². The van der Waals surface area contributed by atoms with Crippen LogP contribution in [0.25, 0.3) is 0 Å². The molecule has 2 rings (SSSR count). The summed E-state index contributed by atoms with van der Waals surface area (Å²) in [6, 6.07) is 9.26. The summed E-state index contributed by atoms with van der Waals surface area (Å²) in [5.41, 5.74) is 6.22. The van der Waals surface area contributed by atoms with Gasteiger partial charge in [0.25, 0.3) is 0 Å². The van der Waals surface area contributed by atoms with E-state index >= 15 is 0 Å². The molecule has 2 aromatic rings. The Hall–Kier alpha value is -1.70. The second kappa shape index (κ2) is 5.35. The minimum Gasteiger partial charge on any atom is -0.328 e. The fourth-order valence-corrected chi connectivity index (χ4v) is 3.53. The maximum absolute atomic E-state index is 12.4. The lowest BCUT2D eigenvalue weighted by molar-refractivity contribution is 0.441. The third kappa shape index (κ3) is 2.74. The summed E-state index contributed by atoms with van der Waals surface area (Å²) < 4.78 is 27.5. The van der Waals surface area contributed by atoms with Gasteiger partial charge in [-0.25, -0.2) is 8.42 Å². The zero-order chi connectivity index (χ0) is 14.8. The first-order valence-electron chi connectivity index (χ1n) is 6.18. The second-order valence-electron chi connectivity index (χ2n) is 4.87. The number of nitrogens with zero attached hydrogens (tertiary/aromatic N) is 1. The van der Waals surface area contributed by atoms with E-state index in [2.05, 4.69) is 14.9 Å². The van der Waals surface area contributed by atoms with Gasteiger partial charge in [0, 0.05) is 6.54 Å². The predicted molar refractivity (Wildman–Crippen MR) is 76.5 cm³/mol. The predicted octanol–water partition coefficient (Wildman–Crippen LogP) is 0.871. The van der Waals surface area contributed by atoms with E-state index < -0.39 is 15.6 Å². The summed E-state index contributed by atoms with van der Waals surface area (Å²) in [4.78, 5) is 0.133. The Bertz CT molecular complexity index is 681. The summed E-state index contributed by atoms with van der Waals surface area (Å²) in [5, 5.41) is 6.36. The van der Waals surface area contributed by atoms with Crippen molar-refractivity contribution >= 4 is 10.0 Å². The van der Waals surface area contributed by atoms with Gasteiger partial charge in [-0.1, -0.05) is 30.3 Å². The average Bonchev–Trinajstić information content (AvgIpc) is 2.86. The van der Waals surface area contributed by atoms with Crippen LogP contribution < -0.4 is 10.5 Å². The van der Waals surface area contributed by atoms with E-state index in [0.29, 0.717) is 5.69 Å². The van der Waals surface area contributed by atoms with E-state index in [4.69, 9.17) is 5.73 Å². The highest BCUT2D eigenvalue weighted by atomic mass is 32.2. The van der Waals surface area contributed by atoms with Crippen LogP contribution in [0.2, 0.25) is 0 Å². The molecule has 1 heterocycles. The highest BCUT2D eigenvalue weighted by Gasteiger charge is 2.32. The molecule has 20 heavy (non-hydrogen) atoms. The Labute approximate surface area is 118 Å². The summed E-state index contributed by atoms with van der Waals surface area (Å²) in [7, 11) is -3.69. The van der Waals surface area contributed by atoms with Gasteiger partial charge in [0.15, 0.2) is 0 Å². The molecular weight excluding hydrogens is 276 g/mol. The monoisotopic (exact) mass is 294 g/mol. The number of nitrogens with one attached hydrogen (secondary N) is 2. The van der Waals surface area contributed by atoms with Gasteiger partial charge in [-0.3, -0.25) is 5.10 Å². The van der Waals surface area contributed by atoms with Crippen molar-refractivity contribution in [2.45, 2.75) is 24.3 Å². The first kappa shape index (κ1) is 14.7. The number of sulfonamides is 1. The third-order valence-electron chi connectivity index (χ3n) is 3.25. The SMILES string of the molecule is Cc1[nH]ncc1S(=O)(=O)NC(C)(CN)c1ccccc1. The van der Waals surface area contributed by atoms with E-state index in [1.807, 2.05) is 30.3 Å². The van der Waals surface area contributed by atoms with Crippen LogP contribution in [0.1, 0.15) is 18.2 Å². The van der Waals surface area contributed by atoms with Gasteiger partial charge in [-0.05, 0) is 19.4 Å². The number of hydrogen-bond donors (Lipinski definition) is 3. The summed E-state index contributed by atoms with van der Waals surface area (Å²) in [6.45, 7) is 3.56. The van der Waals surface area contributed by atoms with Crippen molar-refractivity contribution in [1.29, 1.82) is 0 Å². The number of hydrogen-bond acceptors (Lipinski definition) is 4. The highest BCUT2D eigenvalue weighted by molar-refractivity contribution is 7.89. The fourth-order valence-electron chi connectivity index (χ4n) is 1.99. The van der Waals surface area contributed by atoms with Crippen molar-refractivity contribution in [2.75, 3.05) is 6.54 Å². The molecule has 1 unspecified atom stereocenters. The minimum absolute atomic E-state index is 0.133. The molecule has 1 atom stereocenters. The number of rotatable bonds is 5. The lowest BCUT2D eigenvalue weighted by Crippen LogP contribution is -2.48. The molecular formula is C13H18N4O2S. The fraction of sp³-hybridized carbons (Fsp3) is 0.308. The van der Waals surface area contributed by atoms with E-state index in [9.17, 15) is 8.42 Å². The third-order valence-corrected chi connectivity index (χ3v) is 4.96. The van der Waals surface area contributed by atoms with Crippen molar-refractivity contribution in [3.8, 4) is 0 Å². The number of benzene rings is 1. The molecule has 1 aromatic heterocycles. The number of aryl methyl sites for hydroxylation is 1. The molecule has 7 heteroatoms. The molecule has 0 fully saturated rings. The highest BCUT2D eigenvalue weighted by Crippen LogP contribution is 2.23. The van der Waals surface area contributed by atoms with Crippen molar-refractivity contribution in [3.05, 3.63) is 47.8 Å². The molecule has 6 nitrogen and oxygen atoms in total. The second-order valence-corrected chi connectivity index (χ2v) is 6.52. The van der Waals surface area contributed by atoms with Crippen molar-refractivity contribution in [1.82, 2.24) is 14.9 Å². The largest absolute Gasteiger partial charge is 0.328 e. The van der Waals surface area contributed by atoms with Gasteiger partial charge in [-0.2, -0.15) is 9.82 Å². The van der Waals surface area contributed by atoms with Crippen molar-refractivity contribution in [2.24, 2.45) is 5.73 Å². The summed E-state index contributed by atoms with van der Waals surface area (Å²) in [5.74, 6) is 0. The summed E-state index contributed by atoms with van der Waals surface area (Å²) >= 11 is 0. The lowest BCUT2D eigenvalue weighted by Gasteiger charge is -2.29. The molecule has 0 bridgehead atoms. The molecule has 0 amide bonds. The van der Waals surface area contributed by atoms with Gasteiger partial charge in [-0.15, -0.1) is 0 Å². The van der Waals surface area contributed by atoms with Crippen molar-refractivity contribution in [3.63, 3.8) is 0 Å². The maximum Gasteiger partial charge on any atom is 0.244 e. The van der Waals surface area contributed by atoms with Crippen LogP contribution in [0.4, 0.5) is 0 Å². The molecule has 1 aromatic carbocycles. The van der Waals surface area contributed by atoms with E-state index in [0.717, 1.165) is 5.56 Å². The molecule has 4 N–H and O–H groups in total. The Kier molecular flexibility index (Phi) is 3.94. The van der Waals surface area contributed by atoms with Gasteiger partial charge >= 0.3 is 0 Å². The Morgan fingerprint density at radius 2 is 2.00 bits per heavy atom. The van der Waals surface area contributed by atoms with E-state index in [1.54, 1.807) is 13.8 Å². The zero-order valence-electron chi connectivity index (χ0n) is 11.4. The Morgan fingerprint density at radius 3 is 2.50 bits per heavy atom. The quantitative estimate of drug-likeness (QED) is 0.761. The van der Waals surface area contributed by atoms with E-state index in [-0.39, 0.29) is 11.4 Å². The maximum atomic E-state index is 12.4. The van der Waals surface area contributed by atoms with Crippen LogP contribution in [-0.2, 0) is 15.6 Å². The summed E-state index contributed by atoms with van der Waals surface area (Å²) in [6.07, 6.45) is 1.29. The van der Waals surface area contributed by atoms with Gasteiger partial charge in [0.1, 0.15) is 4.90 Å².